The molecule has 0 spiro atoms. The van der Waals surface area contributed by atoms with Crippen LogP contribution >= 0.6 is 15.9 Å². The highest BCUT2D eigenvalue weighted by atomic mass is 79.9. The fourth-order valence-electron chi connectivity index (χ4n) is 1.79. The Morgan fingerprint density at radius 3 is 2.79 bits per heavy atom. The quantitative estimate of drug-likeness (QED) is 0.641. The Balaban J connectivity index is 2.11. The van der Waals surface area contributed by atoms with Crippen LogP contribution in [0.3, 0.4) is 0 Å². The number of carbonyl (C=O) groups excluding carboxylic acids is 1. The number of nitrogens with one attached hydrogen (secondary N) is 1. The zero-order chi connectivity index (χ0) is 14.0. The van der Waals surface area contributed by atoms with Gasteiger partial charge in [0.15, 0.2) is 0 Å². The van der Waals surface area contributed by atoms with Crippen LogP contribution in [0.4, 0.5) is 11.4 Å². The van der Waals surface area contributed by atoms with Crippen molar-refractivity contribution in [2.24, 2.45) is 11.7 Å². The van der Waals surface area contributed by atoms with Crippen molar-refractivity contribution >= 4 is 33.2 Å². The number of nitrogens with zero attached hydrogens (tertiary/aromatic N) is 1. The Morgan fingerprint density at radius 1 is 1.53 bits per heavy atom. The first-order chi connectivity index (χ1) is 8.99. The summed E-state index contributed by atoms with van der Waals surface area (Å²) < 4.78 is 5.57. The number of amides is 1. The van der Waals surface area contributed by atoms with Crippen LogP contribution in [0.5, 0.6) is 0 Å². The molecular formula is C11H12BrN3O4. The van der Waals surface area contributed by atoms with Crippen molar-refractivity contribution in [1.82, 2.24) is 0 Å². The molecule has 0 saturated carbocycles. The summed E-state index contributed by atoms with van der Waals surface area (Å²) in [5, 5.41) is 13.3. The van der Waals surface area contributed by atoms with E-state index in [1.807, 2.05) is 0 Å². The molecule has 19 heavy (non-hydrogen) atoms. The van der Waals surface area contributed by atoms with Gasteiger partial charge in [0.05, 0.1) is 29.7 Å². The maximum atomic E-state index is 12.0. The third-order valence-corrected chi connectivity index (χ3v) is 3.54. The number of nitro groups is 1. The summed E-state index contributed by atoms with van der Waals surface area (Å²) in [7, 11) is 0. The van der Waals surface area contributed by atoms with E-state index < -0.39 is 10.8 Å². The molecule has 1 aliphatic heterocycles. The molecule has 102 valence electrons. The van der Waals surface area contributed by atoms with Crippen LogP contribution in [0.15, 0.2) is 22.7 Å². The minimum atomic E-state index is -0.503. The average Bonchev–Trinajstić information content (AvgIpc) is 2.77. The number of non-ortho nitro benzene ring substituents is 1. The molecule has 2 atom stereocenters. The standard InChI is InChI=1S/C11H12BrN3O4/c12-8-3-6(15(17)18)1-2-10(8)14-11(16)7-4-19-5-9(7)13/h1-3,7,9H,4-5,13H2,(H,14,16). The molecular weight excluding hydrogens is 318 g/mol. The normalized spacial score (nSPS) is 22.2. The number of nitrogens with two attached hydrogens (primary N) is 1. The van der Waals surface area contributed by atoms with E-state index >= 15 is 0 Å². The maximum absolute atomic E-state index is 12.0. The number of halogens is 1. The Labute approximate surface area is 117 Å². The Bertz CT molecular complexity index is 523. The smallest absolute Gasteiger partial charge is 0.270 e. The zero-order valence-electron chi connectivity index (χ0n) is 9.84. The molecule has 3 N–H and O–H groups in total. The molecule has 1 aliphatic rings. The van der Waals surface area contributed by atoms with Crippen LogP contribution in [0, 0.1) is 16.0 Å². The van der Waals surface area contributed by atoms with E-state index in [0.717, 1.165) is 0 Å². The van der Waals surface area contributed by atoms with Gasteiger partial charge >= 0.3 is 0 Å². The van der Waals surface area contributed by atoms with Crippen LogP contribution in [-0.4, -0.2) is 30.1 Å². The van der Waals surface area contributed by atoms with E-state index in [-0.39, 0.29) is 24.2 Å². The molecule has 1 amide bonds. The zero-order valence-corrected chi connectivity index (χ0v) is 11.4. The van der Waals surface area contributed by atoms with Gasteiger partial charge in [0.2, 0.25) is 5.91 Å². The van der Waals surface area contributed by atoms with E-state index in [2.05, 4.69) is 21.2 Å². The average molecular weight is 330 g/mol. The molecule has 0 aromatic heterocycles. The van der Waals surface area contributed by atoms with Crippen LogP contribution in [-0.2, 0) is 9.53 Å². The number of nitro benzene ring substituents is 1. The fraction of sp³-hybridized carbons (Fsp3) is 0.364. The highest BCUT2D eigenvalue weighted by Crippen LogP contribution is 2.28. The van der Waals surface area contributed by atoms with Gasteiger partial charge in [-0.25, -0.2) is 0 Å². The summed E-state index contributed by atoms with van der Waals surface area (Å²) in [6.07, 6.45) is 0. The lowest BCUT2D eigenvalue weighted by Crippen LogP contribution is -2.37. The Kier molecular flexibility index (Phi) is 4.13. The van der Waals surface area contributed by atoms with Gasteiger partial charge in [0.25, 0.3) is 5.69 Å². The highest BCUT2D eigenvalue weighted by Gasteiger charge is 2.31. The molecule has 1 fully saturated rings. The molecule has 1 aromatic rings. The fourth-order valence-corrected chi connectivity index (χ4v) is 2.25. The first-order valence-corrected chi connectivity index (χ1v) is 6.36. The SMILES string of the molecule is NC1COCC1C(=O)Nc1ccc([N+](=O)[O-])cc1Br. The number of anilines is 1. The summed E-state index contributed by atoms with van der Waals surface area (Å²) in [6, 6.07) is 3.81. The van der Waals surface area contributed by atoms with E-state index in [1.165, 1.54) is 18.2 Å². The molecule has 2 unspecified atom stereocenters. The molecule has 2 rings (SSSR count). The van der Waals surface area contributed by atoms with E-state index in [1.54, 1.807) is 0 Å². The number of hydrogen-bond acceptors (Lipinski definition) is 5. The lowest BCUT2D eigenvalue weighted by molar-refractivity contribution is -0.384. The molecule has 1 heterocycles. The molecule has 7 nitrogen and oxygen atoms in total. The second-order valence-electron chi connectivity index (χ2n) is 4.22. The lowest BCUT2D eigenvalue weighted by Gasteiger charge is -2.14. The number of benzene rings is 1. The van der Waals surface area contributed by atoms with Gasteiger partial charge in [0.1, 0.15) is 0 Å². The third-order valence-electron chi connectivity index (χ3n) is 2.88. The van der Waals surface area contributed by atoms with Crippen LogP contribution in [0.25, 0.3) is 0 Å². The molecule has 1 aromatic carbocycles. The van der Waals surface area contributed by atoms with Crippen LogP contribution < -0.4 is 11.1 Å². The monoisotopic (exact) mass is 329 g/mol. The van der Waals surface area contributed by atoms with Crippen LogP contribution in [0.2, 0.25) is 0 Å². The highest BCUT2D eigenvalue weighted by molar-refractivity contribution is 9.10. The maximum Gasteiger partial charge on any atom is 0.270 e. The molecule has 0 radical (unpaired) electrons. The molecule has 8 heteroatoms. The predicted octanol–water partition coefficient (Wildman–Crippen LogP) is 1.27. The third kappa shape index (κ3) is 3.09. The van der Waals surface area contributed by atoms with Crippen molar-refractivity contribution in [3.63, 3.8) is 0 Å². The predicted molar refractivity (Wildman–Crippen MR) is 71.7 cm³/mol. The molecule has 1 saturated heterocycles. The van der Waals surface area contributed by atoms with Gasteiger partial charge in [-0.05, 0) is 22.0 Å². The molecule has 0 bridgehead atoms. The van der Waals surface area contributed by atoms with E-state index in [0.29, 0.717) is 16.8 Å². The summed E-state index contributed by atoms with van der Waals surface area (Å²) in [4.78, 5) is 22.1. The van der Waals surface area contributed by atoms with Gasteiger partial charge < -0.3 is 15.8 Å². The first-order valence-electron chi connectivity index (χ1n) is 5.57. The summed E-state index contributed by atoms with van der Waals surface area (Å²) in [5.74, 6) is -0.651. The van der Waals surface area contributed by atoms with Crippen molar-refractivity contribution in [2.45, 2.75) is 6.04 Å². The summed E-state index contributed by atoms with van der Waals surface area (Å²) >= 11 is 3.19. The number of ether oxygens (including phenoxy) is 1. The molecule has 0 aliphatic carbocycles. The number of carbonyl (C=O) groups is 1. The summed E-state index contributed by atoms with van der Waals surface area (Å²) in [5.41, 5.74) is 6.17. The van der Waals surface area contributed by atoms with Gasteiger partial charge in [-0.1, -0.05) is 0 Å². The van der Waals surface area contributed by atoms with Crippen molar-refractivity contribution in [3.05, 3.63) is 32.8 Å². The number of rotatable bonds is 3. The second kappa shape index (κ2) is 5.64. The van der Waals surface area contributed by atoms with Gasteiger partial charge in [0, 0.05) is 22.6 Å². The Morgan fingerprint density at radius 2 is 2.26 bits per heavy atom. The summed E-state index contributed by atoms with van der Waals surface area (Å²) in [6.45, 7) is 0.650. The van der Waals surface area contributed by atoms with Crippen molar-refractivity contribution in [3.8, 4) is 0 Å². The van der Waals surface area contributed by atoms with Crippen molar-refractivity contribution in [2.75, 3.05) is 18.5 Å². The minimum absolute atomic E-state index is 0.0502. The Hall–Kier alpha value is -1.51. The topological polar surface area (TPSA) is 107 Å². The van der Waals surface area contributed by atoms with E-state index in [4.69, 9.17) is 10.5 Å². The van der Waals surface area contributed by atoms with E-state index in [9.17, 15) is 14.9 Å². The van der Waals surface area contributed by atoms with Crippen LogP contribution in [0.1, 0.15) is 0 Å². The number of hydrogen-bond donors (Lipinski definition) is 2. The lowest BCUT2D eigenvalue weighted by atomic mass is 10.0. The van der Waals surface area contributed by atoms with Crippen molar-refractivity contribution < 1.29 is 14.5 Å². The van der Waals surface area contributed by atoms with Crippen molar-refractivity contribution in [1.29, 1.82) is 0 Å². The van der Waals surface area contributed by atoms with Gasteiger partial charge in [-0.3, -0.25) is 14.9 Å². The van der Waals surface area contributed by atoms with Gasteiger partial charge in [-0.2, -0.15) is 0 Å². The second-order valence-corrected chi connectivity index (χ2v) is 5.07. The largest absolute Gasteiger partial charge is 0.379 e. The first kappa shape index (κ1) is 13.9. The van der Waals surface area contributed by atoms with Gasteiger partial charge in [-0.15, -0.1) is 0 Å². The minimum Gasteiger partial charge on any atom is -0.379 e.